The van der Waals surface area contributed by atoms with E-state index in [2.05, 4.69) is 29.6 Å². The van der Waals surface area contributed by atoms with Crippen LogP contribution >= 0.6 is 0 Å². The number of amides is 2. The molecule has 0 aromatic heterocycles. The Bertz CT molecular complexity index is 1020. The number of carbonyl (C=O) groups is 3. The number of fused-ring (bicyclic) bond motifs is 3. The Balaban J connectivity index is 1.23. The molecule has 4 rings (SSSR count). The van der Waals surface area contributed by atoms with Crippen LogP contribution in [-0.2, 0) is 14.3 Å². The van der Waals surface area contributed by atoms with Gasteiger partial charge in [0, 0.05) is 25.9 Å². The van der Waals surface area contributed by atoms with Gasteiger partial charge in [-0.25, -0.2) is 9.59 Å². The second-order valence-corrected chi connectivity index (χ2v) is 9.47. The molecule has 2 aromatic carbocycles. The zero-order valence-corrected chi connectivity index (χ0v) is 19.7. The van der Waals surface area contributed by atoms with Crippen LogP contribution < -0.4 is 5.32 Å². The van der Waals surface area contributed by atoms with Crippen molar-refractivity contribution in [2.75, 3.05) is 20.2 Å². The molecule has 7 nitrogen and oxygen atoms in total. The summed E-state index contributed by atoms with van der Waals surface area (Å²) in [5.41, 5.74) is 4.76. The molecular formula is C27H32N2O5. The first-order valence-corrected chi connectivity index (χ1v) is 11.9. The van der Waals surface area contributed by atoms with E-state index in [1.165, 1.54) is 41.1 Å². The molecule has 1 fully saturated rings. The van der Waals surface area contributed by atoms with Gasteiger partial charge < -0.3 is 20.1 Å². The van der Waals surface area contributed by atoms with Gasteiger partial charge in [-0.05, 0) is 60.3 Å². The second-order valence-electron chi connectivity index (χ2n) is 9.47. The molecule has 0 spiro atoms. The number of likely N-dealkylation sites (N-methyl/N-ethyl adjacent to an activating group) is 1. The molecule has 2 N–H and O–H groups in total. The predicted octanol–water partition coefficient (Wildman–Crippen LogP) is 4.26. The fourth-order valence-corrected chi connectivity index (χ4v) is 5.20. The monoisotopic (exact) mass is 464 g/mol. The zero-order chi connectivity index (χ0) is 24.2. The van der Waals surface area contributed by atoms with Crippen molar-refractivity contribution >= 4 is 18.0 Å². The van der Waals surface area contributed by atoms with Crippen molar-refractivity contribution in [1.29, 1.82) is 0 Å². The minimum absolute atomic E-state index is 0.0326. The molecule has 180 valence electrons. The number of alkyl carbamates (subject to hydrolysis) is 1. The Labute approximate surface area is 200 Å². The topological polar surface area (TPSA) is 95.9 Å². The molecular weight excluding hydrogens is 432 g/mol. The van der Waals surface area contributed by atoms with Crippen LogP contribution in [0.5, 0.6) is 0 Å². The highest BCUT2D eigenvalue weighted by molar-refractivity contribution is 5.83. The number of carboxylic acid groups (broad SMARTS) is 1. The number of benzene rings is 2. The van der Waals surface area contributed by atoms with E-state index >= 15 is 0 Å². The minimum Gasteiger partial charge on any atom is -0.480 e. The Morgan fingerprint density at radius 2 is 1.62 bits per heavy atom. The summed E-state index contributed by atoms with van der Waals surface area (Å²) in [6.45, 7) is 2.31. The van der Waals surface area contributed by atoms with Crippen molar-refractivity contribution < 1.29 is 24.2 Å². The summed E-state index contributed by atoms with van der Waals surface area (Å²) in [6.07, 6.45) is 2.59. The van der Waals surface area contributed by atoms with Crippen molar-refractivity contribution in [1.82, 2.24) is 10.2 Å². The van der Waals surface area contributed by atoms with E-state index in [9.17, 15) is 14.4 Å². The molecule has 0 bridgehead atoms. The molecule has 2 amide bonds. The van der Waals surface area contributed by atoms with Gasteiger partial charge in [0.1, 0.15) is 12.6 Å². The van der Waals surface area contributed by atoms with Gasteiger partial charge >= 0.3 is 12.1 Å². The number of aliphatic carboxylic acids is 1. The van der Waals surface area contributed by atoms with E-state index in [1.54, 1.807) is 0 Å². The summed E-state index contributed by atoms with van der Waals surface area (Å²) in [5.74, 6) is -0.617. The molecule has 2 unspecified atom stereocenters. The number of hydrogen-bond acceptors (Lipinski definition) is 4. The first kappa shape index (κ1) is 23.8. The Morgan fingerprint density at radius 3 is 2.24 bits per heavy atom. The third-order valence-electron chi connectivity index (χ3n) is 7.32. The summed E-state index contributed by atoms with van der Waals surface area (Å²) in [6, 6.07) is 15.6. The van der Waals surface area contributed by atoms with Crippen LogP contribution in [0.15, 0.2) is 48.5 Å². The fourth-order valence-electron chi connectivity index (χ4n) is 5.20. The van der Waals surface area contributed by atoms with Gasteiger partial charge in [-0.15, -0.1) is 0 Å². The highest BCUT2D eigenvalue weighted by Gasteiger charge is 2.31. The van der Waals surface area contributed by atoms with Crippen LogP contribution in [0.1, 0.15) is 49.7 Å². The number of carbonyl (C=O) groups excluding carboxylic acids is 2. The Hall–Kier alpha value is -3.35. The SMILES string of the molecule is C[C@@H](C(=O)O)N(C)C(=O)CC1CCC(CNC(=O)OCC2c3ccccc3-c3ccccc32)C1. The lowest BCUT2D eigenvalue weighted by Gasteiger charge is -2.23. The molecule has 2 aliphatic rings. The molecule has 34 heavy (non-hydrogen) atoms. The third-order valence-corrected chi connectivity index (χ3v) is 7.32. The van der Waals surface area contributed by atoms with Crippen molar-refractivity contribution in [3.05, 3.63) is 59.7 Å². The largest absolute Gasteiger partial charge is 0.480 e. The highest BCUT2D eigenvalue weighted by Crippen LogP contribution is 2.44. The molecule has 0 radical (unpaired) electrons. The number of carboxylic acids is 1. The summed E-state index contributed by atoms with van der Waals surface area (Å²) in [4.78, 5) is 37.2. The second kappa shape index (κ2) is 10.3. The van der Waals surface area contributed by atoms with Crippen LogP contribution in [-0.4, -0.2) is 54.2 Å². The molecule has 0 heterocycles. The molecule has 3 atom stereocenters. The van der Waals surface area contributed by atoms with Crippen molar-refractivity contribution in [3.8, 4) is 11.1 Å². The van der Waals surface area contributed by atoms with Crippen LogP contribution in [0, 0.1) is 11.8 Å². The fraction of sp³-hybridized carbons (Fsp3) is 0.444. The van der Waals surface area contributed by atoms with E-state index in [0.29, 0.717) is 18.9 Å². The van der Waals surface area contributed by atoms with Crippen LogP contribution in [0.4, 0.5) is 4.79 Å². The maximum Gasteiger partial charge on any atom is 0.407 e. The summed E-state index contributed by atoms with van der Waals surface area (Å²) in [7, 11) is 1.53. The molecule has 0 saturated heterocycles. The molecule has 2 aromatic rings. The third kappa shape index (κ3) is 5.08. The van der Waals surface area contributed by atoms with Gasteiger partial charge in [-0.3, -0.25) is 4.79 Å². The van der Waals surface area contributed by atoms with E-state index in [1.807, 2.05) is 24.3 Å². The first-order valence-electron chi connectivity index (χ1n) is 11.9. The normalized spacial score (nSPS) is 19.7. The van der Waals surface area contributed by atoms with Gasteiger partial charge in [0.15, 0.2) is 0 Å². The number of hydrogen-bond donors (Lipinski definition) is 2. The minimum atomic E-state index is -1.01. The number of nitrogens with zero attached hydrogens (tertiary/aromatic N) is 1. The lowest BCUT2D eigenvalue weighted by atomic mass is 9.98. The first-order chi connectivity index (χ1) is 16.3. The predicted molar refractivity (Wildman–Crippen MR) is 128 cm³/mol. The van der Waals surface area contributed by atoms with Crippen molar-refractivity contribution in [2.45, 2.75) is 44.6 Å². The van der Waals surface area contributed by atoms with E-state index in [4.69, 9.17) is 9.84 Å². The van der Waals surface area contributed by atoms with Gasteiger partial charge in [0.25, 0.3) is 0 Å². The van der Waals surface area contributed by atoms with Gasteiger partial charge in [-0.2, -0.15) is 0 Å². The standard InChI is InChI=1S/C27H32N2O5/c1-17(26(31)32)29(2)25(30)14-18-11-12-19(13-18)15-28-27(33)34-16-24-22-9-5-3-7-20(22)21-8-4-6-10-23(21)24/h3-10,17-19,24H,11-16H2,1-2H3,(H,28,33)(H,31,32)/t17-,18?,19?/m0/s1. The quantitative estimate of drug-likeness (QED) is 0.609. The van der Waals surface area contributed by atoms with Gasteiger partial charge in [0.05, 0.1) is 0 Å². The lowest BCUT2D eigenvalue weighted by molar-refractivity contribution is -0.148. The number of nitrogens with one attached hydrogen (secondary N) is 1. The maximum absolute atomic E-state index is 12.4. The highest BCUT2D eigenvalue weighted by atomic mass is 16.5. The summed E-state index contributed by atoms with van der Waals surface area (Å²) >= 11 is 0. The van der Waals surface area contributed by atoms with Crippen molar-refractivity contribution in [2.24, 2.45) is 11.8 Å². The smallest absolute Gasteiger partial charge is 0.407 e. The lowest BCUT2D eigenvalue weighted by Crippen LogP contribution is -2.40. The summed E-state index contributed by atoms with van der Waals surface area (Å²) < 4.78 is 5.60. The Morgan fingerprint density at radius 1 is 1.03 bits per heavy atom. The average molecular weight is 465 g/mol. The maximum atomic E-state index is 12.4. The molecule has 0 aliphatic heterocycles. The van der Waals surface area contributed by atoms with Crippen LogP contribution in [0.2, 0.25) is 0 Å². The van der Waals surface area contributed by atoms with E-state index in [0.717, 1.165) is 19.3 Å². The van der Waals surface area contributed by atoms with Gasteiger partial charge in [-0.1, -0.05) is 48.5 Å². The van der Waals surface area contributed by atoms with Crippen molar-refractivity contribution in [3.63, 3.8) is 0 Å². The molecule has 2 aliphatic carbocycles. The molecule has 7 heteroatoms. The van der Waals surface area contributed by atoms with Crippen LogP contribution in [0.3, 0.4) is 0 Å². The number of ether oxygens (including phenoxy) is 1. The van der Waals surface area contributed by atoms with E-state index in [-0.39, 0.29) is 24.3 Å². The zero-order valence-electron chi connectivity index (χ0n) is 19.7. The molecule has 1 saturated carbocycles. The summed E-state index contributed by atoms with van der Waals surface area (Å²) in [5, 5.41) is 12.0. The Kier molecular flexibility index (Phi) is 7.20. The number of rotatable bonds is 8. The van der Waals surface area contributed by atoms with E-state index < -0.39 is 18.1 Å². The van der Waals surface area contributed by atoms with Gasteiger partial charge in [0.2, 0.25) is 5.91 Å². The average Bonchev–Trinajstić information content (AvgIpc) is 3.42. The van der Waals surface area contributed by atoms with Crippen LogP contribution in [0.25, 0.3) is 11.1 Å².